The topological polar surface area (TPSA) is 149 Å². The van der Waals surface area contributed by atoms with Gasteiger partial charge in [0, 0.05) is 25.7 Å². The highest BCUT2D eigenvalue weighted by Crippen LogP contribution is 2.36. The number of aliphatic hydroxyl groups is 2. The molecule has 3 fully saturated rings. The number of hydrogen-bond acceptors (Lipinski definition) is 10. The number of hydrogen-bond donors (Lipinski definition) is 4. The Morgan fingerprint density at radius 3 is 2.34 bits per heavy atom. The van der Waals surface area contributed by atoms with E-state index in [9.17, 15) is 36.6 Å². The number of ether oxygens (including phenoxy) is 1. The molecule has 0 amide bonds. The zero-order chi connectivity index (χ0) is 31.9. The van der Waals surface area contributed by atoms with E-state index in [2.05, 4.69) is 25.3 Å². The summed E-state index contributed by atoms with van der Waals surface area (Å²) in [6.45, 7) is 4.06. The van der Waals surface area contributed by atoms with Crippen LogP contribution in [0.15, 0.2) is 30.5 Å². The van der Waals surface area contributed by atoms with Crippen LogP contribution >= 0.6 is 0 Å². The van der Waals surface area contributed by atoms with E-state index in [-0.39, 0.29) is 17.8 Å². The van der Waals surface area contributed by atoms with Gasteiger partial charge in [-0.15, -0.1) is 0 Å². The molecule has 2 saturated heterocycles. The van der Waals surface area contributed by atoms with Crippen LogP contribution in [-0.4, -0.2) is 116 Å². The van der Waals surface area contributed by atoms with E-state index in [0.717, 1.165) is 25.2 Å². The summed E-state index contributed by atoms with van der Waals surface area (Å²) in [4.78, 5) is 22.3. The minimum atomic E-state index is -5.08. The second kappa shape index (κ2) is 12.0. The van der Waals surface area contributed by atoms with Crippen molar-refractivity contribution in [2.45, 2.75) is 42.9 Å². The van der Waals surface area contributed by atoms with E-state index >= 15 is 0 Å². The summed E-state index contributed by atoms with van der Waals surface area (Å²) in [5.74, 6) is -1.90. The van der Waals surface area contributed by atoms with Crippen molar-refractivity contribution in [3.05, 3.63) is 36.0 Å². The van der Waals surface area contributed by atoms with Crippen LogP contribution in [0.4, 0.5) is 38.1 Å². The van der Waals surface area contributed by atoms with E-state index in [0.29, 0.717) is 68.5 Å². The fourth-order valence-electron chi connectivity index (χ4n) is 5.18. The molecule has 0 spiro atoms. The number of anilines is 2. The van der Waals surface area contributed by atoms with Crippen molar-refractivity contribution in [3.63, 3.8) is 0 Å². The van der Waals surface area contributed by atoms with Gasteiger partial charge >= 0.3 is 18.3 Å². The molecule has 0 radical (unpaired) electrons. The molecule has 3 aromatic rings. The molecular formula is C26H29F6N7O5. The first-order valence-corrected chi connectivity index (χ1v) is 13.6. The molecule has 1 aromatic carbocycles. The Morgan fingerprint density at radius 1 is 1.09 bits per heavy atom. The highest BCUT2D eigenvalue weighted by Gasteiger charge is 2.44. The average molecular weight is 634 g/mol. The molecule has 12 nitrogen and oxygen atoms in total. The summed E-state index contributed by atoms with van der Waals surface area (Å²) in [5, 5.41) is 36.0. The van der Waals surface area contributed by atoms with Gasteiger partial charge in [0.15, 0.2) is 5.65 Å². The van der Waals surface area contributed by atoms with E-state index in [1.54, 1.807) is 12.3 Å². The maximum absolute atomic E-state index is 13.3. The third-order valence-corrected chi connectivity index (χ3v) is 7.41. The number of aromatic nitrogens is 4. The number of carbonyl (C=O) groups is 1. The molecule has 44 heavy (non-hydrogen) atoms. The van der Waals surface area contributed by atoms with E-state index in [1.807, 2.05) is 4.90 Å². The lowest BCUT2D eigenvalue weighted by atomic mass is 9.90. The van der Waals surface area contributed by atoms with Crippen LogP contribution in [0.25, 0.3) is 16.7 Å². The third kappa shape index (κ3) is 7.14. The number of fused-ring (bicyclic) bond motifs is 1. The molecule has 6 rings (SSSR count). The first kappa shape index (κ1) is 31.7. The Hall–Kier alpha value is -3.74. The summed E-state index contributed by atoms with van der Waals surface area (Å²) >= 11 is 0. The molecule has 4 heterocycles. The number of carboxylic acid groups (broad SMARTS) is 1. The fraction of sp³-hybridized carbons (Fsp3) is 0.538. The van der Waals surface area contributed by atoms with Crippen LogP contribution < -0.4 is 10.2 Å². The first-order valence-electron chi connectivity index (χ1n) is 13.6. The maximum atomic E-state index is 13.3. The zero-order valence-corrected chi connectivity index (χ0v) is 23.0. The number of β-amino-alcohol motifs (C(OH)–C–C–N with tert-alkyl or cyclic N) is 1. The van der Waals surface area contributed by atoms with Crippen molar-refractivity contribution in [2.24, 2.45) is 0 Å². The molecule has 1 saturated carbocycles. The quantitative estimate of drug-likeness (QED) is 0.296. The number of benzene rings is 1. The zero-order valence-electron chi connectivity index (χ0n) is 23.0. The van der Waals surface area contributed by atoms with E-state index in [4.69, 9.17) is 14.6 Å². The van der Waals surface area contributed by atoms with Crippen molar-refractivity contribution < 1.29 is 51.2 Å². The molecule has 3 aliphatic rings. The lowest BCUT2D eigenvalue weighted by Crippen LogP contribution is -2.67. The number of nitrogens with zero attached hydrogens (tertiary/aromatic N) is 6. The van der Waals surface area contributed by atoms with Gasteiger partial charge in [0.05, 0.1) is 55.2 Å². The number of halogens is 6. The number of rotatable bonds is 6. The van der Waals surface area contributed by atoms with E-state index in [1.165, 1.54) is 10.7 Å². The van der Waals surface area contributed by atoms with Gasteiger partial charge in [0.25, 0.3) is 0 Å². The highest BCUT2D eigenvalue weighted by molar-refractivity contribution is 5.89. The van der Waals surface area contributed by atoms with Crippen molar-refractivity contribution in [1.29, 1.82) is 0 Å². The predicted octanol–water partition coefficient (Wildman–Crippen LogP) is 2.29. The number of morpholine rings is 1. The smallest absolute Gasteiger partial charge is 0.475 e. The molecule has 2 aromatic heterocycles. The number of nitrogens with one attached hydrogen (secondary N) is 1. The Kier molecular flexibility index (Phi) is 8.63. The van der Waals surface area contributed by atoms with Gasteiger partial charge in [-0.3, -0.25) is 4.90 Å². The molecule has 0 unspecified atom stereocenters. The van der Waals surface area contributed by atoms with Crippen LogP contribution in [0, 0.1) is 0 Å². The fourth-order valence-corrected chi connectivity index (χ4v) is 5.18. The van der Waals surface area contributed by atoms with Gasteiger partial charge in [-0.2, -0.15) is 41.4 Å². The monoisotopic (exact) mass is 633 g/mol. The normalized spacial score (nSPS) is 22.0. The average Bonchev–Trinajstić information content (AvgIpc) is 3.34. The van der Waals surface area contributed by atoms with Crippen LogP contribution in [0.1, 0.15) is 18.4 Å². The summed E-state index contributed by atoms with van der Waals surface area (Å²) in [6.07, 6.45) is -7.28. The Balaban J connectivity index is 0.000000493. The first-order chi connectivity index (χ1) is 20.6. The summed E-state index contributed by atoms with van der Waals surface area (Å²) in [7, 11) is 0. The molecule has 18 heteroatoms. The van der Waals surface area contributed by atoms with Gasteiger partial charge in [-0.25, -0.2) is 9.48 Å². The molecule has 0 atom stereocenters. The Morgan fingerprint density at radius 2 is 1.75 bits per heavy atom. The van der Waals surface area contributed by atoms with Gasteiger partial charge in [-0.05, 0) is 31.0 Å². The standard InChI is InChI=1S/C24H28F3N7O3.C2HF3O2/c25-24(26,27)15-2-1-3-17(8-15)34-21-19(11-28-34)20(30-22(31-21)29-16-9-18(35)10-16)33-13-23(36,14-33)12-32-4-6-37-7-5-32;3-2(4,5)1(6)7/h1-3,8,11,16,18,35-36H,4-7,9-10,12-14H2,(H,29,30,31);(H,6,7). The molecule has 240 valence electrons. The van der Waals surface area contributed by atoms with Crippen molar-refractivity contribution in [3.8, 4) is 5.69 Å². The van der Waals surface area contributed by atoms with Crippen LogP contribution in [0.5, 0.6) is 0 Å². The van der Waals surface area contributed by atoms with Crippen molar-refractivity contribution in [2.75, 3.05) is 56.2 Å². The number of aliphatic carboxylic acids is 1. The molecule has 4 N–H and O–H groups in total. The second-order valence-electron chi connectivity index (χ2n) is 11.0. The number of alkyl halides is 6. The van der Waals surface area contributed by atoms with Crippen LogP contribution in [0.3, 0.4) is 0 Å². The second-order valence-corrected chi connectivity index (χ2v) is 11.0. The van der Waals surface area contributed by atoms with Gasteiger partial charge in [-0.1, -0.05) is 6.07 Å². The Bertz CT molecular complexity index is 1480. The minimum Gasteiger partial charge on any atom is -0.475 e. The lowest BCUT2D eigenvalue weighted by Gasteiger charge is -2.49. The summed E-state index contributed by atoms with van der Waals surface area (Å²) in [5.41, 5.74) is -1.10. The molecule has 2 aliphatic heterocycles. The molecular weight excluding hydrogens is 604 g/mol. The predicted molar refractivity (Wildman–Crippen MR) is 142 cm³/mol. The van der Waals surface area contributed by atoms with Crippen LogP contribution in [0.2, 0.25) is 0 Å². The number of aliphatic hydroxyl groups excluding tert-OH is 1. The summed E-state index contributed by atoms with van der Waals surface area (Å²) in [6, 6.07) is 4.93. The minimum absolute atomic E-state index is 0.000118. The lowest BCUT2D eigenvalue weighted by molar-refractivity contribution is -0.192. The molecule has 1 aliphatic carbocycles. The molecule has 0 bridgehead atoms. The van der Waals surface area contributed by atoms with Gasteiger partial charge < -0.3 is 30.3 Å². The SMILES string of the molecule is O=C(O)C(F)(F)F.OC1CC(Nc2nc(N3CC(O)(CN4CCOCC4)C3)c3cnn(-c4cccc(C(F)(F)F)c4)c3n2)C1. The maximum Gasteiger partial charge on any atom is 0.490 e. The Labute approximate surface area is 245 Å². The third-order valence-electron chi connectivity index (χ3n) is 7.41. The van der Waals surface area contributed by atoms with Crippen molar-refractivity contribution >= 4 is 28.8 Å². The highest BCUT2D eigenvalue weighted by atomic mass is 19.4. The largest absolute Gasteiger partial charge is 0.490 e. The number of carboxylic acids is 1. The van der Waals surface area contributed by atoms with Crippen LogP contribution in [-0.2, 0) is 15.7 Å². The summed E-state index contributed by atoms with van der Waals surface area (Å²) < 4.78 is 78.5. The van der Waals surface area contributed by atoms with Gasteiger partial charge in [0.2, 0.25) is 5.95 Å². The van der Waals surface area contributed by atoms with Gasteiger partial charge in [0.1, 0.15) is 11.4 Å². The van der Waals surface area contributed by atoms with Crippen molar-refractivity contribution in [1.82, 2.24) is 24.6 Å². The van der Waals surface area contributed by atoms with E-state index < -0.39 is 29.5 Å².